The van der Waals surface area contributed by atoms with Gasteiger partial charge in [-0.05, 0) is 36.4 Å². The van der Waals surface area contributed by atoms with Crippen LogP contribution in [0.3, 0.4) is 0 Å². The molecule has 0 spiro atoms. The molecule has 0 aliphatic carbocycles. The summed E-state index contributed by atoms with van der Waals surface area (Å²) < 4.78 is 53.1. The van der Waals surface area contributed by atoms with E-state index in [2.05, 4.69) is 9.46 Å². The van der Waals surface area contributed by atoms with Crippen molar-refractivity contribution in [3.63, 3.8) is 0 Å². The van der Waals surface area contributed by atoms with Gasteiger partial charge in [0.25, 0.3) is 0 Å². The van der Waals surface area contributed by atoms with Gasteiger partial charge in [-0.15, -0.1) is 0 Å². The zero-order chi connectivity index (χ0) is 21.2. The van der Waals surface area contributed by atoms with E-state index in [1.54, 1.807) is 0 Å². The van der Waals surface area contributed by atoms with Gasteiger partial charge in [0.1, 0.15) is 28.5 Å². The largest absolute Gasteiger partial charge is 0.477 e. The summed E-state index contributed by atoms with van der Waals surface area (Å²) in [6, 6.07) is 9.50. The number of benzene rings is 2. The SMILES string of the molecule is CS(=O)(=O)NCOc1ccc2c(C(=O)OC(N)=O)c(-c3ccc(F)cc3)oc2c1. The van der Waals surface area contributed by atoms with Gasteiger partial charge in [0.05, 0.1) is 6.26 Å². The molecule has 11 heteroatoms. The van der Waals surface area contributed by atoms with Crippen molar-refractivity contribution in [3.8, 4) is 17.1 Å². The lowest BCUT2D eigenvalue weighted by Crippen LogP contribution is -2.26. The highest BCUT2D eigenvalue weighted by atomic mass is 32.2. The number of hydrogen-bond acceptors (Lipinski definition) is 7. The summed E-state index contributed by atoms with van der Waals surface area (Å²) in [4.78, 5) is 23.4. The topological polar surface area (TPSA) is 138 Å². The summed E-state index contributed by atoms with van der Waals surface area (Å²) in [5.41, 5.74) is 5.40. The second kappa shape index (κ2) is 7.89. The Labute approximate surface area is 164 Å². The van der Waals surface area contributed by atoms with Crippen molar-refractivity contribution in [2.45, 2.75) is 0 Å². The lowest BCUT2D eigenvalue weighted by Gasteiger charge is -2.06. The van der Waals surface area contributed by atoms with Crippen molar-refractivity contribution in [2.24, 2.45) is 5.73 Å². The van der Waals surface area contributed by atoms with Gasteiger partial charge in [-0.25, -0.2) is 22.4 Å². The van der Waals surface area contributed by atoms with Crippen LogP contribution in [0.5, 0.6) is 5.75 Å². The Morgan fingerprint density at radius 3 is 2.48 bits per heavy atom. The van der Waals surface area contributed by atoms with E-state index in [1.165, 1.54) is 42.5 Å². The van der Waals surface area contributed by atoms with Crippen LogP contribution >= 0.6 is 0 Å². The maximum atomic E-state index is 13.2. The summed E-state index contributed by atoms with van der Waals surface area (Å²) in [7, 11) is -3.44. The van der Waals surface area contributed by atoms with Gasteiger partial charge in [-0.1, -0.05) is 0 Å². The van der Waals surface area contributed by atoms with Crippen LogP contribution in [-0.2, 0) is 14.8 Å². The first-order valence-corrected chi connectivity index (χ1v) is 9.95. The molecule has 1 amide bonds. The average molecular weight is 422 g/mol. The first-order valence-electron chi connectivity index (χ1n) is 8.05. The van der Waals surface area contributed by atoms with Crippen molar-refractivity contribution in [1.82, 2.24) is 4.72 Å². The molecular weight excluding hydrogens is 407 g/mol. The third-order valence-corrected chi connectivity index (χ3v) is 4.37. The molecule has 152 valence electrons. The van der Waals surface area contributed by atoms with Gasteiger partial charge in [-0.2, -0.15) is 4.72 Å². The quantitative estimate of drug-likeness (QED) is 0.353. The molecule has 2 aromatic carbocycles. The molecule has 0 aliphatic heterocycles. The van der Waals surface area contributed by atoms with Crippen LogP contribution in [0.4, 0.5) is 9.18 Å². The van der Waals surface area contributed by atoms with Crippen molar-refractivity contribution < 1.29 is 36.3 Å². The van der Waals surface area contributed by atoms with Crippen LogP contribution in [0.1, 0.15) is 10.4 Å². The number of rotatable bonds is 6. The fourth-order valence-electron chi connectivity index (χ4n) is 2.54. The molecule has 0 unspecified atom stereocenters. The third-order valence-electron chi connectivity index (χ3n) is 3.73. The molecule has 3 aromatic rings. The summed E-state index contributed by atoms with van der Waals surface area (Å²) in [6.07, 6.45) is -0.307. The molecule has 0 saturated heterocycles. The van der Waals surface area contributed by atoms with Gasteiger partial charge < -0.3 is 19.6 Å². The lowest BCUT2D eigenvalue weighted by atomic mass is 10.1. The average Bonchev–Trinajstić information content (AvgIpc) is 2.99. The first-order chi connectivity index (χ1) is 13.6. The van der Waals surface area contributed by atoms with Crippen molar-refractivity contribution in [2.75, 3.05) is 13.0 Å². The normalized spacial score (nSPS) is 11.4. The van der Waals surface area contributed by atoms with E-state index in [0.29, 0.717) is 10.9 Å². The van der Waals surface area contributed by atoms with Gasteiger partial charge in [0.2, 0.25) is 10.0 Å². The van der Waals surface area contributed by atoms with Gasteiger partial charge in [0, 0.05) is 17.0 Å². The van der Waals surface area contributed by atoms with Crippen LogP contribution in [0.2, 0.25) is 0 Å². The first kappa shape index (κ1) is 20.3. The molecule has 0 atom stereocenters. The number of fused-ring (bicyclic) bond motifs is 1. The molecule has 29 heavy (non-hydrogen) atoms. The standard InChI is InChI=1S/C18H15FN2O7S/c1-29(24,25)21-9-26-12-6-7-13-14(8-12)27-16(10-2-4-11(19)5-3-10)15(13)17(22)28-18(20)23/h2-8,21H,9H2,1H3,(H2,20,23). The van der Waals surface area contributed by atoms with Gasteiger partial charge in [-0.3, -0.25) is 0 Å². The van der Waals surface area contributed by atoms with E-state index in [9.17, 15) is 22.4 Å². The maximum absolute atomic E-state index is 13.2. The van der Waals surface area contributed by atoms with Crippen LogP contribution < -0.4 is 15.2 Å². The van der Waals surface area contributed by atoms with Gasteiger partial charge >= 0.3 is 12.1 Å². The molecule has 3 N–H and O–H groups in total. The molecule has 1 aromatic heterocycles. The Morgan fingerprint density at radius 1 is 1.17 bits per heavy atom. The Balaban J connectivity index is 2.04. The molecule has 0 bridgehead atoms. The fourth-order valence-corrected chi connectivity index (χ4v) is 2.81. The number of carbonyl (C=O) groups is 2. The van der Waals surface area contributed by atoms with E-state index in [4.69, 9.17) is 14.9 Å². The monoisotopic (exact) mass is 422 g/mol. The Hall–Kier alpha value is -3.44. The zero-order valence-electron chi connectivity index (χ0n) is 15.0. The summed E-state index contributed by atoms with van der Waals surface area (Å²) in [6.45, 7) is -0.313. The number of amides is 1. The van der Waals surface area contributed by atoms with Crippen molar-refractivity contribution in [1.29, 1.82) is 0 Å². The molecule has 3 rings (SSSR count). The third kappa shape index (κ3) is 4.89. The van der Waals surface area contributed by atoms with E-state index < -0.39 is 27.9 Å². The fraction of sp³-hybridized carbons (Fsp3) is 0.111. The number of hydrogen-bond donors (Lipinski definition) is 2. The molecular formula is C18H15FN2O7S. The van der Waals surface area contributed by atoms with Crippen LogP contribution in [0, 0.1) is 5.82 Å². The highest BCUT2D eigenvalue weighted by Gasteiger charge is 2.25. The molecule has 0 aliphatic rings. The number of carbonyl (C=O) groups excluding carboxylic acids is 2. The minimum Gasteiger partial charge on any atom is -0.477 e. The molecule has 0 radical (unpaired) electrons. The Kier molecular flexibility index (Phi) is 5.52. The van der Waals surface area contributed by atoms with E-state index in [0.717, 1.165) is 6.26 Å². The number of halogens is 1. The number of furan rings is 1. The lowest BCUT2D eigenvalue weighted by molar-refractivity contribution is 0.0640. The van der Waals surface area contributed by atoms with Crippen molar-refractivity contribution in [3.05, 3.63) is 53.8 Å². The summed E-state index contributed by atoms with van der Waals surface area (Å²) >= 11 is 0. The number of ether oxygens (including phenoxy) is 2. The number of nitrogens with two attached hydrogens (primary N) is 1. The molecule has 0 saturated carbocycles. The highest BCUT2D eigenvalue weighted by molar-refractivity contribution is 7.88. The van der Waals surface area contributed by atoms with E-state index in [-0.39, 0.29) is 29.4 Å². The Morgan fingerprint density at radius 2 is 1.86 bits per heavy atom. The van der Waals surface area contributed by atoms with Crippen molar-refractivity contribution >= 4 is 33.1 Å². The smallest absolute Gasteiger partial charge is 0.412 e. The number of sulfonamides is 1. The summed E-state index contributed by atoms with van der Waals surface area (Å²) in [5.74, 6) is -1.23. The molecule has 9 nitrogen and oxygen atoms in total. The minimum absolute atomic E-state index is 0.0395. The molecule has 1 heterocycles. The predicted octanol–water partition coefficient (Wildman–Crippen LogP) is 2.36. The maximum Gasteiger partial charge on any atom is 0.412 e. The number of nitrogens with one attached hydrogen (secondary N) is 1. The van der Waals surface area contributed by atoms with Crippen LogP contribution in [0.25, 0.3) is 22.3 Å². The molecule has 0 fully saturated rings. The van der Waals surface area contributed by atoms with E-state index in [1.807, 2.05) is 0 Å². The second-order valence-electron chi connectivity index (χ2n) is 5.88. The number of esters is 1. The summed E-state index contributed by atoms with van der Waals surface area (Å²) in [5, 5.41) is 0.291. The zero-order valence-corrected chi connectivity index (χ0v) is 15.8. The second-order valence-corrected chi connectivity index (χ2v) is 7.72. The number of primary amides is 1. The minimum atomic E-state index is -3.44. The van der Waals surface area contributed by atoms with E-state index >= 15 is 0 Å². The van der Waals surface area contributed by atoms with Crippen LogP contribution in [0.15, 0.2) is 46.9 Å². The Bertz CT molecular complexity index is 1190. The van der Waals surface area contributed by atoms with Crippen LogP contribution in [-0.4, -0.2) is 33.5 Å². The van der Waals surface area contributed by atoms with Gasteiger partial charge in [0.15, 0.2) is 6.73 Å². The highest BCUT2D eigenvalue weighted by Crippen LogP contribution is 2.36. The predicted molar refractivity (Wildman–Crippen MR) is 100 cm³/mol.